The van der Waals surface area contributed by atoms with Gasteiger partial charge in [-0.2, -0.15) is 0 Å². The van der Waals surface area contributed by atoms with E-state index in [1.807, 2.05) is 6.07 Å². The predicted octanol–water partition coefficient (Wildman–Crippen LogP) is 2.84. The molecule has 2 aromatic heterocycles. The van der Waals surface area contributed by atoms with Crippen molar-refractivity contribution in [1.29, 1.82) is 0 Å². The third-order valence-corrected chi connectivity index (χ3v) is 8.47. The SMILES string of the molecule is O=C([C@@H]1CCCN(c2ncnc3c2nc2n3CCCCC2)C1)N1CCN(Cc2ccc3c(c2)OCO3)CC1. The third kappa shape index (κ3) is 4.44. The van der Waals surface area contributed by atoms with Crippen LogP contribution in [-0.4, -0.2) is 81.3 Å². The number of aryl methyl sites for hydroxylation is 2. The van der Waals surface area contributed by atoms with Gasteiger partial charge < -0.3 is 23.8 Å². The van der Waals surface area contributed by atoms with Crippen molar-refractivity contribution in [3.05, 3.63) is 35.9 Å². The Bertz CT molecular complexity index is 1330. The number of rotatable bonds is 4. The molecule has 1 atom stereocenters. The van der Waals surface area contributed by atoms with E-state index in [0.717, 1.165) is 99.4 Å². The van der Waals surface area contributed by atoms with E-state index >= 15 is 0 Å². The third-order valence-electron chi connectivity index (χ3n) is 8.47. The quantitative estimate of drug-likeness (QED) is 0.522. The van der Waals surface area contributed by atoms with E-state index in [1.54, 1.807) is 6.33 Å². The van der Waals surface area contributed by atoms with Gasteiger partial charge in [0.15, 0.2) is 28.5 Å². The highest BCUT2D eigenvalue weighted by Crippen LogP contribution is 2.33. The summed E-state index contributed by atoms with van der Waals surface area (Å²) in [6, 6.07) is 6.15. The minimum absolute atomic E-state index is 0.00499. The molecule has 0 spiro atoms. The summed E-state index contributed by atoms with van der Waals surface area (Å²) in [6.07, 6.45) is 8.17. The van der Waals surface area contributed by atoms with E-state index in [0.29, 0.717) is 13.3 Å². The second kappa shape index (κ2) is 10.1. The molecule has 38 heavy (non-hydrogen) atoms. The predicted molar refractivity (Wildman–Crippen MR) is 142 cm³/mol. The molecule has 1 amide bonds. The highest BCUT2D eigenvalue weighted by atomic mass is 16.7. The number of imidazole rings is 1. The topological polar surface area (TPSA) is 88.9 Å². The number of benzene rings is 1. The smallest absolute Gasteiger partial charge is 0.231 e. The summed E-state index contributed by atoms with van der Waals surface area (Å²) < 4.78 is 13.2. The minimum atomic E-state index is -0.00499. The first-order valence-electron chi connectivity index (χ1n) is 14.1. The molecule has 0 radical (unpaired) electrons. The Hall–Kier alpha value is -3.40. The van der Waals surface area contributed by atoms with E-state index in [1.165, 1.54) is 24.8 Å². The molecule has 10 nitrogen and oxygen atoms in total. The number of amides is 1. The van der Waals surface area contributed by atoms with Gasteiger partial charge in [-0.05, 0) is 43.4 Å². The average Bonchev–Trinajstić information content (AvgIpc) is 3.50. The Balaban J connectivity index is 0.995. The van der Waals surface area contributed by atoms with Crippen LogP contribution in [0.15, 0.2) is 24.5 Å². The lowest BCUT2D eigenvalue weighted by Crippen LogP contribution is -2.52. The Morgan fingerprint density at radius 2 is 1.84 bits per heavy atom. The molecule has 0 N–H and O–H groups in total. The van der Waals surface area contributed by atoms with E-state index in [-0.39, 0.29) is 11.8 Å². The normalized spacial score (nSPS) is 21.9. The number of hydrogen-bond acceptors (Lipinski definition) is 8. The van der Waals surface area contributed by atoms with Crippen LogP contribution in [0.5, 0.6) is 11.5 Å². The molecular weight excluding hydrogens is 482 g/mol. The number of carbonyl (C=O) groups is 1. The van der Waals surface area contributed by atoms with Crippen LogP contribution in [0, 0.1) is 5.92 Å². The average molecular weight is 518 g/mol. The van der Waals surface area contributed by atoms with Crippen LogP contribution in [-0.2, 0) is 24.3 Å². The molecule has 2 fully saturated rings. The van der Waals surface area contributed by atoms with Crippen LogP contribution >= 0.6 is 0 Å². The fourth-order valence-electron chi connectivity index (χ4n) is 6.41. The summed E-state index contributed by atoms with van der Waals surface area (Å²) in [5.41, 5.74) is 3.05. The van der Waals surface area contributed by atoms with E-state index in [2.05, 4.69) is 41.4 Å². The van der Waals surface area contributed by atoms with Crippen LogP contribution in [0.25, 0.3) is 11.2 Å². The zero-order chi connectivity index (χ0) is 25.5. The van der Waals surface area contributed by atoms with Crippen molar-refractivity contribution in [2.24, 2.45) is 5.92 Å². The summed E-state index contributed by atoms with van der Waals surface area (Å²) in [5.74, 6) is 3.93. The Kier molecular flexibility index (Phi) is 6.27. The number of nitrogens with zero attached hydrogens (tertiary/aromatic N) is 7. The van der Waals surface area contributed by atoms with Gasteiger partial charge in [-0.15, -0.1) is 0 Å². The lowest BCUT2D eigenvalue weighted by atomic mass is 9.96. The summed E-state index contributed by atoms with van der Waals surface area (Å²) in [4.78, 5) is 34.6. The first kappa shape index (κ1) is 23.7. The Morgan fingerprint density at radius 1 is 0.947 bits per heavy atom. The molecule has 0 bridgehead atoms. The molecule has 3 aromatic rings. The number of carbonyl (C=O) groups excluding carboxylic acids is 1. The van der Waals surface area contributed by atoms with Gasteiger partial charge in [-0.25, -0.2) is 15.0 Å². The van der Waals surface area contributed by atoms with Crippen molar-refractivity contribution >= 4 is 22.9 Å². The van der Waals surface area contributed by atoms with Gasteiger partial charge in [0.25, 0.3) is 0 Å². The molecule has 200 valence electrons. The fraction of sp³-hybridized carbons (Fsp3) is 0.571. The monoisotopic (exact) mass is 517 g/mol. The van der Waals surface area contributed by atoms with Gasteiger partial charge in [0.1, 0.15) is 12.2 Å². The van der Waals surface area contributed by atoms with Crippen molar-refractivity contribution in [3.63, 3.8) is 0 Å². The summed E-state index contributed by atoms with van der Waals surface area (Å²) in [6.45, 7) is 7.03. The second-order valence-corrected chi connectivity index (χ2v) is 10.9. The number of aromatic nitrogens is 4. The molecule has 0 unspecified atom stereocenters. The summed E-state index contributed by atoms with van der Waals surface area (Å²) >= 11 is 0. The number of piperidine rings is 1. The minimum Gasteiger partial charge on any atom is -0.454 e. The van der Waals surface area contributed by atoms with E-state index < -0.39 is 0 Å². The van der Waals surface area contributed by atoms with Crippen molar-refractivity contribution < 1.29 is 14.3 Å². The molecule has 7 rings (SSSR count). The fourth-order valence-corrected chi connectivity index (χ4v) is 6.41. The maximum Gasteiger partial charge on any atom is 0.231 e. The Labute approximate surface area is 222 Å². The number of piperazine rings is 1. The van der Waals surface area contributed by atoms with Crippen LogP contribution in [0.1, 0.15) is 43.5 Å². The number of anilines is 1. The molecule has 1 aromatic carbocycles. The van der Waals surface area contributed by atoms with Gasteiger partial charge >= 0.3 is 0 Å². The molecular formula is C28H35N7O3. The zero-order valence-corrected chi connectivity index (χ0v) is 21.8. The van der Waals surface area contributed by atoms with Gasteiger partial charge in [0.05, 0.1) is 5.92 Å². The molecule has 2 saturated heterocycles. The van der Waals surface area contributed by atoms with Crippen molar-refractivity contribution in [3.8, 4) is 11.5 Å². The number of ether oxygens (including phenoxy) is 2. The van der Waals surface area contributed by atoms with Crippen molar-refractivity contribution in [2.75, 3.05) is 51.0 Å². The van der Waals surface area contributed by atoms with Gasteiger partial charge in [0, 0.05) is 58.8 Å². The van der Waals surface area contributed by atoms with Crippen LogP contribution in [0.2, 0.25) is 0 Å². The Morgan fingerprint density at radius 3 is 2.76 bits per heavy atom. The van der Waals surface area contributed by atoms with Crippen LogP contribution in [0.3, 0.4) is 0 Å². The largest absolute Gasteiger partial charge is 0.454 e. The molecule has 0 saturated carbocycles. The number of fused-ring (bicyclic) bond motifs is 4. The molecule has 6 heterocycles. The molecule has 4 aliphatic rings. The number of hydrogen-bond donors (Lipinski definition) is 0. The lowest BCUT2D eigenvalue weighted by Gasteiger charge is -2.39. The van der Waals surface area contributed by atoms with E-state index in [4.69, 9.17) is 14.5 Å². The first-order valence-corrected chi connectivity index (χ1v) is 14.1. The standard InChI is InChI=1S/C28H35N7O3/c36-28(33-13-11-32(12-14-33)16-20-7-8-22-23(15-20)38-19-37-22)21-5-4-9-34(17-21)26-25-27(30-18-29-26)35-10-3-1-2-6-24(35)31-25/h7-8,15,18,21H,1-6,9-14,16-17,19H2/t21-/m1/s1. The highest BCUT2D eigenvalue weighted by molar-refractivity contribution is 5.85. The lowest BCUT2D eigenvalue weighted by molar-refractivity contribution is -0.137. The zero-order valence-electron chi connectivity index (χ0n) is 21.8. The molecule has 10 heteroatoms. The van der Waals surface area contributed by atoms with Gasteiger partial charge in [0.2, 0.25) is 12.7 Å². The van der Waals surface area contributed by atoms with Gasteiger partial charge in [-0.3, -0.25) is 9.69 Å². The second-order valence-electron chi connectivity index (χ2n) is 10.9. The summed E-state index contributed by atoms with van der Waals surface area (Å²) in [5, 5.41) is 0. The van der Waals surface area contributed by atoms with Crippen molar-refractivity contribution in [2.45, 2.75) is 51.6 Å². The summed E-state index contributed by atoms with van der Waals surface area (Å²) in [7, 11) is 0. The molecule has 4 aliphatic heterocycles. The molecule has 0 aliphatic carbocycles. The van der Waals surface area contributed by atoms with E-state index in [9.17, 15) is 4.79 Å². The van der Waals surface area contributed by atoms with Crippen LogP contribution < -0.4 is 14.4 Å². The van der Waals surface area contributed by atoms with Gasteiger partial charge in [-0.1, -0.05) is 12.5 Å². The van der Waals surface area contributed by atoms with Crippen molar-refractivity contribution in [1.82, 2.24) is 29.3 Å². The maximum atomic E-state index is 13.6. The first-order chi connectivity index (χ1) is 18.7. The highest BCUT2D eigenvalue weighted by Gasteiger charge is 2.33. The maximum absolute atomic E-state index is 13.6. The van der Waals surface area contributed by atoms with Crippen LogP contribution in [0.4, 0.5) is 5.82 Å².